The minimum Gasteiger partial charge on any atom is -0.327 e. The van der Waals surface area contributed by atoms with Crippen LogP contribution in [0.5, 0.6) is 0 Å². The lowest BCUT2D eigenvalue weighted by molar-refractivity contribution is 0.142. The summed E-state index contributed by atoms with van der Waals surface area (Å²) in [5, 5.41) is 3.16. The molecule has 3 heteroatoms. The van der Waals surface area contributed by atoms with Crippen LogP contribution in [-0.2, 0) is 6.54 Å². The van der Waals surface area contributed by atoms with Gasteiger partial charge in [0.15, 0.2) is 0 Å². The van der Waals surface area contributed by atoms with Crippen LogP contribution < -0.4 is 11.1 Å². The van der Waals surface area contributed by atoms with E-state index >= 15 is 0 Å². The van der Waals surface area contributed by atoms with Gasteiger partial charge in [0, 0.05) is 13.1 Å². The lowest BCUT2D eigenvalue weighted by Gasteiger charge is -2.26. The fourth-order valence-corrected chi connectivity index (χ4v) is 1.95. The average molecular weight is 194 g/mol. The third kappa shape index (κ3) is 1.42. The zero-order chi connectivity index (χ0) is 10.2. The maximum atomic E-state index is 14.0. The van der Waals surface area contributed by atoms with Gasteiger partial charge in [-0.15, -0.1) is 0 Å². The molecule has 1 heterocycles. The second-order valence-electron chi connectivity index (χ2n) is 3.99. The van der Waals surface area contributed by atoms with Gasteiger partial charge in [-0.2, -0.15) is 0 Å². The van der Waals surface area contributed by atoms with Gasteiger partial charge in [0.25, 0.3) is 0 Å². The lowest BCUT2D eigenvalue weighted by atomic mass is 9.92. The minimum atomic E-state index is -1.37. The van der Waals surface area contributed by atoms with Gasteiger partial charge < -0.3 is 11.1 Å². The average Bonchev–Trinajstić information content (AvgIpc) is 2.61. The van der Waals surface area contributed by atoms with E-state index in [4.69, 9.17) is 5.73 Å². The molecule has 1 aliphatic rings. The molecule has 0 radical (unpaired) electrons. The molecule has 1 aromatic carbocycles. The Hall–Kier alpha value is -0.930. The van der Waals surface area contributed by atoms with Crippen molar-refractivity contribution < 1.29 is 4.39 Å². The summed E-state index contributed by atoms with van der Waals surface area (Å²) in [6, 6.07) is 7.64. The number of hydrogen-bond acceptors (Lipinski definition) is 2. The van der Waals surface area contributed by atoms with E-state index in [1.54, 1.807) is 6.92 Å². The number of alkyl halides is 1. The fraction of sp³-hybridized carbons (Fsp3) is 0.455. The monoisotopic (exact) mass is 194 g/mol. The highest BCUT2D eigenvalue weighted by Gasteiger charge is 2.37. The molecular formula is C11H15FN2. The third-order valence-corrected chi connectivity index (χ3v) is 2.86. The van der Waals surface area contributed by atoms with E-state index in [2.05, 4.69) is 5.32 Å². The maximum absolute atomic E-state index is 14.0. The summed E-state index contributed by atoms with van der Waals surface area (Å²) < 4.78 is 14.0. The molecule has 0 saturated heterocycles. The van der Waals surface area contributed by atoms with Gasteiger partial charge in [0.05, 0.1) is 6.04 Å². The summed E-state index contributed by atoms with van der Waals surface area (Å²) in [5.74, 6) is 0. The van der Waals surface area contributed by atoms with Crippen molar-refractivity contribution in [1.82, 2.24) is 5.32 Å². The molecule has 76 valence electrons. The van der Waals surface area contributed by atoms with Crippen LogP contribution in [0.4, 0.5) is 4.39 Å². The van der Waals surface area contributed by atoms with Crippen molar-refractivity contribution in [3.8, 4) is 0 Å². The van der Waals surface area contributed by atoms with Crippen molar-refractivity contribution in [2.45, 2.75) is 25.2 Å². The third-order valence-electron chi connectivity index (χ3n) is 2.86. The Morgan fingerprint density at radius 1 is 1.57 bits per heavy atom. The summed E-state index contributed by atoms with van der Waals surface area (Å²) in [4.78, 5) is 0. The largest absolute Gasteiger partial charge is 0.327 e. The molecule has 0 spiro atoms. The van der Waals surface area contributed by atoms with Gasteiger partial charge >= 0.3 is 0 Å². The fourth-order valence-electron chi connectivity index (χ4n) is 1.95. The summed E-state index contributed by atoms with van der Waals surface area (Å²) in [6.07, 6.45) is 0. The Morgan fingerprint density at radius 3 is 3.00 bits per heavy atom. The molecule has 3 N–H and O–H groups in total. The van der Waals surface area contributed by atoms with E-state index in [1.807, 2.05) is 24.3 Å². The zero-order valence-corrected chi connectivity index (χ0v) is 8.26. The first-order valence-electron chi connectivity index (χ1n) is 4.85. The molecule has 1 aliphatic heterocycles. The summed E-state index contributed by atoms with van der Waals surface area (Å²) in [7, 11) is 0. The highest BCUT2D eigenvalue weighted by Crippen LogP contribution is 2.35. The quantitative estimate of drug-likeness (QED) is 0.749. The first kappa shape index (κ1) is 9.62. The number of fused-ring (bicyclic) bond motifs is 1. The van der Waals surface area contributed by atoms with Gasteiger partial charge in [-0.05, 0) is 18.1 Å². The Morgan fingerprint density at radius 2 is 2.29 bits per heavy atom. The summed E-state index contributed by atoms with van der Waals surface area (Å²) in [6.45, 7) is 2.33. The molecule has 0 amide bonds. The first-order chi connectivity index (χ1) is 6.65. The van der Waals surface area contributed by atoms with Crippen LogP contribution in [0.15, 0.2) is 24.3 Å². The lowest BCUT2D eigenvalue weighted by Crippen LogP contribution is -2.40. The van der Waals surface area contributed by atoms with Crippen LogP contribution in [0.3, 0.4) is 0 Å². The van der Waals surface area contributed by atoms with Crippen molar-refractivity contribution in [2.75, 3.05) is 6.54 Å². The van der Waals surface area contributed by atoms with Crippen molar-refractivity contribution in [3.05, 3.63) is 35.4 Å². The predicted octanol–water partition coefficient (Wildman–Crippen LogP) is 1.52. The SMILES string of the molecule is CC(F)(CN)C1NCc2ccccc21. The molecular weight excluding hydrogens is 179 g/mol. The zero-order valence-electron chi connectivity index (χ0n) is 8.26. The summed E-state index contributed by atoms with van der Waals surface area (Å²) >= 11 is 0. The predicted molar refractivity (Wildman–Crippen MR) is 54.6 cm³/mol. The summed E-state index contributed by atoms with van der Waals surface area (Å²) in [5.41, 5.74) is 6.28. The molecule has 2 nitrogen and oxygen atoms in total. The molecule has 2 unspecified atom stereocenters. The van der Waals surface area contributed by atoms with E-state index in [-0.39, 0.29) is 12.6 Å². The number of halogens is 1. The van der Waals surface area contributed by atoms with Gasteiger partial charge in [-0.3, -0.25) is 0 Å². The number of nitrogens with one attached hydrogen (secondary N) is 1. The van der Waals surface area contributed by atoms with Gasteiger partial charge in [-0.1, -0.05) is 24.3 Å². The Labute approximate surface area is 83.3 Å². The molecule has 0 aromatic heterocycles. The van der Waals surface area contributed by atoms with Crippen molar-refractivity contribution in [2.24, 2.45) is 5.73 Å². The van der Waals surface area contributed by atoms with Crippen molar-refractivity contribution >= 4 is 0 Å². The number of rotatable bonds is 2. The molecule has 2 atom stereocenters. The highest BCUT2D eigenvalue weighted by molar-refractivity contribution is 5.35. The van der Waals surface area contributed by atoms with Crippen LogP contribution in [0.2, 0.25) is 0 Å². The number of nitrogens with two attached hydrogens (primary N) is 1. The number of hydrogen-bond donors (Lipinski definition) is 2. The number of benzene rings is 1. The molecule has 0 saturated carbocycles. The highest BCUT2D eigenvalue weighted by atomic mass is 19.1. The Kier molecular flexibility index (Phi) is 2.29. The normalized spacial score (nSPS) is 24.4. The second kappa shape index (κ2) is 3.33. The van der Waals surface area contributed by atoms with Crippen molar-refractivity contribution in [3.63, 3.8) is 0 Å². The van der Waals surface area contributed by atoms with E-state index < -0.39 is 5.67 Å². The van der Waals surface area contributed by atoms with Crippen LogP contribution >= 0.6 is 0 Å². The minimum absolute atomic E-state index is 0.0407. The van der Waals surface area contributed by atoms with E-state index in [0.29, 0.717) is 0 Å². The van der Waals surface area contributed by atoms with Gasteiger partial charge in [-0.25, -0.2) is 4.39 Å². The van der Waals surface area contributed by atoms with E-state index in [1.165, 1.54) is 5.56 Å². The van der Waals surface area contributed by atoms with E-state index in [9.17, 15) is 4.39 Å². The smallest absolute Gasteiger partial charge is 0.139 e. The van der Waals surface area contributed by atoms with Crippen molar-refractivity contribution in [1.29, 1.82) is 0 Å². The van der Waals surface area contributed by atoms with Gasteiger partial charge in [0.1, 0.15) is 5.67 Å². The standard InChI is InChI=1S/C11H15FN2/c1-11(12,7-13)10-9-5-3-2-4-8(9)6-14-10/h2-5,10,14H,6-7,13H2,1H3. The van der Waals surface area contributed by atoms with Crippen LogP contribution in [0.1, 0.15) is 24.1 Å². The molecule has 0 bridgehead atoms. The van der Waals surface area contributed by atoms with Crippen LogP contribution in [0.25, 0.3) is 0 Å². The Balaban J connectivity index is 2.35. The topological polar surface area (TPSA) is 38.0 Å². The molecule has 0 aliphatic carbocycles. The molecule has 1 aromatic rings. The van der Waals surface area contributed by atoms with Gasteiger partial charge in [0.2, 0.25) is 0 Å². The molecule has 2 rings (SSSR count). The maximum Gasteiger partial charge on any atom is 0.139 e. The van der Waals surface area contributed by atoms with E-state index in [0.717, 1.165) is 12.1 Å². The molecule has 14 heavy (non-hydrogen) atoms. The molecule has 0 fully saturated rings. The second-order valence-corrected chi connectivity index (χ2v) is 3.99. The van der Waals surface area contributed by atoms with Crippen LogP contribution in [0, 0.1) is 0 Å². The Bertz CT molecular complexity index is 336. The first-order valence-corrected chi connectivity index (χ1v) is 4.85. The van der Waals surface area contributed by atoms with Crippen LogP contribution in [-0.4, -0.2) is 12.2 Å².